The molecule has 4 rings (SSSR count). The van der Waals surface area contributed by atoms with Gasteiger partial charge in [-0.1, -0.05) is 25.7 Å². The molecular weight excluding hydrogens is 326 g/mol. The Morgan fingerprint density at radius 3 is 2.69 bits per heavy atom. The molecule has 1 saturated carbocycles. The van der Waals surface area contributed by atoms with E-state index < -0.39 is 0 Å². The molecule has 2 fully saturated rings. The Morgan fingerprint density at radius 2 is 1.88 bits per heavy atom. The van der Waals surface area contributed by atoms with Crippen molar-refractivity contribution in [2.24, 2.45) is 5.92 Å². The highest BCUT2D eigenvalue weighted by molar-refractivity contribution is 5.76. The molecule has 0 radical (unpaired) electrons. The first-order chi connectivity index (χ1) is 12.7. The van der Waals surface area contributed by atoms with Gasteiger partial charge in [0.15, 0.2) is 0 Å². The van der Waals surface area contributed by atoms with Crippen LogP contribution in [0.2, 0.25) is 0 Å². The van der Waals surface area contributed by atoms with Crippen LogP contribution in [-0.4, -0.2) is 63.7 Å². The van der Waals surface area contributed by atoms with Crippen LogP contribution in [0, 0.1) is 5.92 Å². The molecule has 1 amide bonds. The highest BCUT2D eigenvalue weighted by atomic mass is 16.2. The minimum Gasteiger partial charge on any atom is -0.340 e. The summed E-state index contributed by atoms with van der Waals surface area (Å²) in [7, 11) is 2.19. The highest BCUT2D eigenvalue weighted by Gasteiger charge is 2.28. The number of amides is 1. The van der Waals surface area contributed by atoms with E-state index in [-0.39, 0.29) is 0 Å². The van der Waals surface area contributed by atoms with E-state index in [1.807, 2.05) is 0 Å². The maximum absolute atomic E-state index is 12.7. The fraction of sp³-hybridized carbons (Fsp3) is 0.850. The van der Waals surface area contributed by atoms with Crippen LogP contribution < -0.4 is 0 Å². The number of carbonyl (C=O) groups excluding carboxylic acids is 1. The Kier molecular flexibility index (Phi) is 5.57. The predicted octanol–water partition coefficient (Wildman–Crippen LogP) is 2.44. The van der Waals surface area contributed by atoms with Gasteiger partial charge in [-0.15, -0.1) is 10.2 Å². The molecule has 0 N–H and O–H groups in total. The van der Waals surface area contributed by atoms with Gasteiger partial charge in [-0.05, 0) is 38.8 Å². The Hall–Kier alpha value is -1.43. The van der Waals surface area contributed by atoms with E-state index in [1.54, 1.807) is 0 Å². The van der Waals surface area contributed by atoms with Crippen LogP contribution in [-0.2, 0) is 17.8 Å². The first-order valence-electron chi connectivity index (χ1n) is 10.6. The van der Waals surface area contributed by atoms with E-state index in [0.717, 1.165) is 63.0 Å². The standard InChI is InChI=1S/C20H33N5O/c1-23-11-4-7-17(15-23)20-22-21-18-10-12-24(13-14-25(18)20)19(26)9-8-16-5-2-3-6-16/h16-17H,2-15H2,1H3. The van der Waals surface area contributed by atoms with Crippen molar-refractivity contribution in [2.75, 3.05) is 33.2 Å². The first-order valence-corrected chi connectivity index (χ1v) is 10.6. The number of aromatic nitrogens is 3. The summed E-state index contributed by atoms with van der Waals surface area (Å²) in [4.78, 5) is 17.1. The highest BCUT2D eigenvalue weighted by Crippen LogP contribution is 2.29. The average molecular weight is 360 g/mol. The smallest absolute Gasteiger partial charge is 0.222 e. The predicted molar refractivity (Wildman–Crippen MR) is 101 cm³/mol. The third-order valence-corrected chi connectivity index (χ3v) is 6.64. The van der Waals surface area contributed by atoms with Crippen molar-refractivity contribution in [3.8, 4) is 0 Å². The number of hydrogen-bond acceptors (Lipinski definition) is 4. The van der Waals surface area contributed by atoms with Crippen molar-refractivity contribution in [3.63, 3.8) is 0 Å². The lowest BCUT2D eigenvalue weighted by atomic mass is 9.97. The maximum atomic E-state index is 12.7. The van der Waals surface area contributed by atoms with Crippen molar-refractivity contribution in [3.05, 3.63) is 11.6 Å². The normalized spacial score (nSPS) is 25.3. The number of likely N-dealkylation sites (tertiary alicyclic amines) is 1. The molecule has 1 unspecified atom stereocenters. The van der Waals surface area contributed by atoms with Crippen molar-refractivity contribution in [1.29, 1.82) is 0 Å². The first kappa shape index (κ1) is 18.0. The van der Waals surface area contributed by atoms with Crippen LogP contribution in [0.5, 0.6) is 0 Å². The lowest BCUT2D eigenvalue weighted by Crippen LogP contribution is -2.34. The van der Waals surface area contributed by atoms with Gasteiger partial charge in [-0.3, -0.25) is 4.79 Å². The zero-order valence-electron chi connectivity index (χ0n) is 16.2. The molecule has 26 heavy (non-hydrogen) atoms. The maximum Gasteiger partial charge on any atom is 0.222 e. The molecule has 6 heteroatoms. The monoisotopic (exact) mass is 359 g/mol. The van der Waals surface area contributed by atoms with Crippen molar-refractivity contribution >= 4 is 5.91 Å². The van der Waals surface area contributed by atoms with E-state index in [0.29, 0.717) is 11.8 Å². The van der Waals surface area contributed by atoms with E-state index in [4.69, 9.17) is 0 Å². The molecule has 0 bridgehead atoms. The van der Waals surface area contributed by atoms with E-state index in [2.05, 4.69) is 31.6 Å². The van der Waals surface area contributed by atoms with Crippen molar-refractivity contribution in [2.45, 2.75) is 70.3 Å². The van der Waals surface area contributed by atoms with Crippen molar-refractivity contribution < 1.29 is 4.79 Å². The molecule has 1 aliphatic carbocycles. The van der Waals surface area contributed by atoms with Gasteiger partial charge in [0, 0.05) is 44.9 Å². The van der Waals surface area contributed by atoms with Crippen LogP contribution in [0.15, 0.2) is 0 Å². The number of carbonyl (C=O) groups is 1. The molecule has 6 nitrogen and oxygen atoms in total. The van der Waals surface area contributed by atoms with Crippen LogP contribution in [0.25, 0.3) is 0 Å². The summed E-state index contributed by atoms with van der Waals surface area (Å²) >= 11 is 0. The Morgan fingerprint density at radius 1 is 1.04 bits per heavy atom. The molecule has 3 aliphatic rings. The molecule has 3 heterocycles. The Bertz CT molecular complexity index is 622. The number of likely N-dealkylation sites (N-methyl/N-ethyl adjacent to an activating group) is 1. The second-order valence-electron chi connectivity index (χ2n) is 8.55. The minimum absolute atomic E-state index is 0.342. The van der Waals surface area contributed by atoms with Gasteiger partial charge in [0.1, 0.15) is 11.6 Å². The van der Waals surface area contributed by atoms with Gasteiger partial charge in [0.25, 0.3) is 0 Å². The van der Waals surface area contributed by atoms with Gasteiger partial charge in [0.05, 0.1) is 0 Å². The van der Waals surface area contributed by atoms with Crippen LogP contribution in [0.4, 0.5) is 0 Å². The van der Waals surface area contributed by atoms with Gasteiger partial charge in [-0.2, -0.15) is 0 Å². The largest absolute Gasteiger partial charge is 0.340 e. The molecular formula is C20H33N5O. The third-order valence-electron chi connectivity index (χ3n) is 6.64. The van der Waals surface area contributed by atoms with Gasteiger partial charge in [0.2, 0.25) is 5.91 Å². The topological polar surface area (TPSA) is 54.3 Å². The lowest BCUT2D eigenvalue weighted by Gasteiger charge is -2.29. The molecule has 1 aromatic rings. The zero-order chi connectivity index (χ0) is 17.9. The van der Waals surface area contributed by atoms with Gasteiger partial charge in [-0.25, -0.2) is 0 Å². The second-order valence-corrected chi connectivity index (χ2v) is 8.55. The number of nitrogens with zero attached hydrogens (tertiary/aromatic N) is 5. The lowest BCUT2D eigenvalue weighted by molar-refractivity contribution is -0.131. The Balaban J connectivity index is 1.35. The molecule has 1 atom stereocenters. The van der Waals surface area contributed by atoms with Crippen LogP contribution >= 0.6 is 0 Å². The molecule has 144 valence electrons. The third kappa shape index (κ3) is 3.95. The Labute approximate surface area is 156 Å². The fourth-order valence-corrected chi connectivity index (χ4v) is 5.06. The summed E-state index contributed by atoms with van der Waals surface area (Å²) in [5, 5.41) is 9.02. The number of hydrogen-bond donors (Lipinski definition) is 0. The molecule has 1 aromatic heterocycles. The summed E-state index contributed by atoms with van der Waals surface area (Å²) in [5.74, 6) is 3.83. The van der Waals surface area contributed by atoms with Crippen LogP contribution in [0.1, 0.15) is 68.9 Å². The summed E-state index contributed by atoms with van der Waals surface area (Å²) in [6, 6.07) is 0. The van der Waals surface area contributed by atoms with Gasteiger partial charge < -0.3 is 14.4 Å². The number of fused-ring (bicyclic) bond motifs is 1. The number of rotatable bonds is 4. The van der Waals surface area contributed by atoms with Crippen LogP contribution in [0.3, 0.4) is 0 Å². The average Bonchev–Trinajstić information content (AvgIpc) is 3.25. The van der Waals surface area contributed by atoms with E-state index in [1.165, 1.54) is 45.1 Å². The quantitative estimate of drug-likeness (QED) is 0.829. The summed E-state index contributed by atoms with van der Waals surface area (Å²) in [5.41, 5.74) is 0. The van der Waals surface area contributed by atoms with E-state index >= 15 is 0 Å². The molecule has 2 aliphatic heterocycles. The summed E-state index contributed by atoms with van der Waals surface area (Å²) < 4.78 is 2.31. The summed E-state index contributed by atoms with van der Waals surface area (Å²) in [6.45, 7) is 4.71. The van der Waals surface area contributed by atoms with Gasteiger partial charge >= 0.3 is 0 Å². The minimum atomic E-state index is 0.342. The molecule has 0 aromatic carbocycles. The van der Waals surface area contributed by atoms with E-state index in [9.17, 15) is 4.79 Å². The zero-order valence-corrected chi connectivity index (χ0v) is 16.2. The molecule has 1 saturated heterocycles. The fourth-order valence-electron chi connectivity index (χ4n) is 5.06. The van der Waals surface area contributed by atoms with Crippen molar-refractivity contribution in [1.82, 2.24) is 24.6 Å². The SMILES string of the molecule is CN1CCCC(c2nnc3n2CCN(C(=O)CCC2CCCC2)CC3)C1. The second kappa shape index (κ2) is 8.07. The molecule has 0 spiro atoms. The number of piperidine rings is 1. The summed E-state index contributed by atoms with van der Waals surface area (Å²) in [6.07, 6.45) is 10.5.